The minimum atomic E-state index is -0.00118. The Morgan fingerprint density at radius 3 is 2.28 bits per heavy atom. The number of amides is 1. The highest BCUT2D eigenvalue weighted by atomic mass is 16.1. The van der Waals surface area contributed by atoms with Crippen LogP contribution in [0.1, 0.15) is 37.6 Å². The van der Waals surface area contributed by atoms with Gasteiger partial charge in [0.25, 0.3) is 0 Å². The number of aryl methyl sites for hydroxylation is 2. The number of nitrogens with one attached hydrogen (secondary N) is 1. The molecule has 1 aromatic rings. The Morgan fingerprint density at radius 1 is 1.22 bits per heavy atom. The van der Waals surface area contributed by atoms with Crippen LogP contribution in [-0.4, -0.2) is 29.0 Å². The Kier molecular flexibility index (Phi) is 3.79. The predicted molar refractivity (Wildman–Crippen MR) is 71.9 cm³/mol. The summed E-state index contributed by atoms with van der Waals surface area (Å²) >= 11 is 0. The highest BCUT2D eigenvalue weighted by molar-refractivity contribution is 5.91. The van der Waals surface area contributed by atoms with Gasteiger partial charge >= 0.3 is 0 Å². The molecular formula is C13H20N4O. The molecule has 0 aliphatic carbocycles. The van der Waals surface area contributed by atoms with Gasteiger partial charge in [-0.15, -0.1) is 0 Å². The van der Waals surface area contributed by atoms with Gasteiger partial charge in [0.2, 0.25) is 11.9 Å². The van der Waals surface area contributed by atoms with E-state index >= 15 is 0 Å². The summed E-state index contributed by atoms with van der Waals surface area (Å²) in [6, 6.07) is 0. The van der Waals surface area contributed by atoms with Crippen LogP contribution in [0.4, 0.5) is 11.6 Å². The molecule has 1 aliphatic rings. The van der Waals surface area contributed by atoms with Gasteiger partial charge in [-0.25, -0.2) is 9.97 Å². The second kappa shape index (κ2) is 5.33. The van der Waals surface area contributed by atoms with Crippen LogP contribution in [0.2, 0.25) is 0 Å². The lowest BCUT2D eigenvalue weighted by molar-refractivity contribution is -0.115. The molecule has 1 aliphatic heterocycles. The third kappa shape index (κ3) is 2.60. The summed E-state index contributed by atoms with van der Waals surface area (Å²) in [6.07, 6.45) is 2.87. The summed E-state index contributed by atoms with van der Waals surface area (Å²) in [5.74, 6) is 0.788. The molecule has 0 unspecified atom stereocenters. The summed E-state index contributed by atoms with van der Waals surface area (Å²) in [6.45, 7) is 7.72. The number of anilines is 2. The fourth-order valence-electron chi connectivity index (χ4n) is 2.17. The van der Waals surface area contributed by atoms with Crippen molar-refractivity contribution in [2.45, 2.75) is 40.0 Å². The molecule has 98 valence electrons. The molecule has 1 amide bonds. The van der Waals surface area contributed by atoms with E-state index in [1.165, 1.54) is 12.8 Å². The lowest BCUT2D eigenvalue weighted by Gasteiger charge is -2.18. The van der Waals surface area contributed by atoms with E-state index in [2.05, 4.69) is 20.2 Å². The van der Waals surface area contributed by atoms with Gasteiger partial charge in [0.05, 0.1) is 17.1 Å². The number of hydrogen-bond acceptors (Lipinski definition) is 4. The number of nitrogens with zero attached hydrogens (tertiary/aromatic N) is 3. The van der Waals surface area contributed by atoms with Crippen molar-refractivity contribution in [3.63, 3.8) is 0 Å². The summed E-state index contributed by atoms with van der Waals surface area (Å²) < 4.78 is 0. The summed E-state index contributed by atoms with van der Waals surface area (Å²) in [7, 11) is 0. The first kappa shape index (κ1) is 12.8. The summed E-state index contributed by atoms with van der Waals surface area (Å²) in [5.41, 5.74) is 2.43. The molecule has 5 nitrogen and oxygen atoms in total. The minimum Gasteiger partial charge on any atom is -0.341 e. The molecule has 0 aromatic carbocycles. The van der Waals surface area contributed by atoms with Gasteiger partial charge in [-0.1, -0.05) is 6.92 Å². The van der Waals surface area contributed by atoms with E-state index in [1.807, 2.05) is 20.8 Å². The number of rotatable bonds is 3. The van der Waals surface area contributed by atoms with Crippen LogP contribution in [0, 0.1) is 13.8 Å². The Balaban J connectivity index is 2.25. The molecule has 5 heteroatoms. The van der Waals surface area contributed by atoms with Crippen molar-refractivity contribution in [3.8, 4) is 0 Å². The highest BCUT2D eigenvalue weighted by Crippen LogP contribution is 2.22. The highest BCUT2D eigenvalue weighted by Gasteiger charge is 2.17. The minimum absolute atomic E-state index is 0.00118. The third-order valence-electron chi connectivity index (χ3n) is 3.23. The number of hydrogen-bond donors (Lipinski definition) is 1. The maximum Gasteiger partial charge on any atom is 0.225 e. The topological polar surface area (TPSA) is 58.1 Å². The normalized spacial score (nSPS) is 14.9. The molecule has 2 heterocycles. The van der Waals surface area contributed by atoms with Crippen molar-refractivity contribution in [2.75, 3.05) is 23.3 Å². The molecule has 1 saturated heterocycles. The predicted octanol–water partition coefficient (Wildman–Crippen LogP) is 2.04. The second-order valence-electron chi connectivity index (χ2n) is 4.67. The number of carbonyl (C=O) groups is 1. The van der Waals surface area contributed by atoms with Gasteiger partial charge in [-0.05, 0) is 26.7 Å². The largest absolute Gasteiger partial charge is 0.341 e. The Labute approximate surface area is 108 Å². The van der Waals surface area contributed by atoms with Crippen LogP contribution in [0.3, 0.4) is 0 Å². The maximum atomic E-state index is 11.4. The molecule has 2 rings (SSSR count). The Morgan fingerprint density at radius 2 is 1.78 bits per heavy atom. The van der Waals surface area contributed by atoms with Crippen molar-refractivity contribution < 1.29 is 4.79 Å². The molecular weight excluding hydrogens is 228 g/mol. The summed E-state index contributed by atoms with van der Waals surface area (Å²) in [5, 5.41) is 2.86. The van der Waals surface area contributed by atoms with Crippen molar-refractivity contribution >= 4 is 17.5 Å². The van der Waals surface area contributed by atoms with Crippen molar-refractivity contribution in [3.05, 3.63) is 11.4 Å². The van der Waals surface area contributed by atoms with Crippen molar-refractivity contribution in [1.82, 2.24) is 9.97 Å². The lowest BCUT2D eigenvalue weighted by atomic mass is 10.2. The standard InChI is InChI=1S/C13H20N4O/c1-4-11(18)16-12-9(2)14-13(15-10(12)3)17-7-5-6-8-17/h4-8H2,1-3H3,(H,16,18). The molecule has 18 heavy (non-hydrogen) atoms. The van der Waals surface area contributed by atoms with Gasteiger partial charge in [-0.3, -0.25) is 4.79 Å². The smallest absolute Gasteiger partial charge is 0.225 e. The van der Waals surface area contributed by atoms with E-state index < -0.39 is 0 Å². The molecule has 0 radical (unpaired) electrons. The van der Waals surface area contributed by atoms with Gasteiger partial charge in [0.1, 0.15) is 0 Å². The van der Waals surface area contributed by atoms with E-state index in [0.29, 0.717) is 6.42 Å². The average molecular weight is 248 g/mol. The van der Waals surface area contributed by atoms with E-state index in [4.69, 9.17) is 0 Å². The first-order valence-electron chi connectivity index (χ1n) is 6.52. The van der Waals surface area contributed by atoms with Gasteiger partial charge in [-0.2, -0.15) is 0 Å². The Hall–Kier alpha value is -1.65. The van der Waals surface area contributed by atoms with E-state index in [0.717, 1.165) is 36.1 Å². The molecule has 1 aromatic heterocycles. The van der Waals surface area contributed by atoms with Crippen LogP contribution >= 0.6 is 0 Å². The lowest BCUT2D eigenvalue weighted by Crippen LogP contribution is -2.22. The molecule has 0 atom stereocenters. The number of carbonyl (C=O) groups excluding carboxylic acids is 1. The molecule has 1 fully saturated rings. The van der Waals surface area contributed by atoms with Crippen LogP contribution in [-0.2, 0) is 4.79 Å². The van der Waals surface area contributed by atoms with Crippen LogP contribution in [0.5, 0.6) is 0 Å². The fourth-order valence-corrected chi connectivity index (χ4v) is 2.17. The Bertz CT molecular complexity index is 429. The molecule has 0 spiro atoms. The fraction of sp³-hybridized carbons (Fsp3) is 0.615. The van der Waals surface area contributed by atoms with Gasteiger partial charge in [0, 0.05) is 19.5 Å². The molecule has 1 N–H and O–H groups in total. The SMILES string of the molecule is CCC(=O)Nc1c(C)nc(N2CCCC2)nc1C. The average Bonchev–Trinajstić information content (AvgIpc) is 2.87. The van der Waals surface area contributed by atoms with E-state index in [1.54, 1.807) is 0 Å². The van der Waals surface area contributed by atoms with Gasteiger partial charge < -0.3 is 10.2 Å². The first-order chi connectivity index (χ1) is 8.61. The zero-order valence-electron chi connectivity index (χ0n) is 11.3. The third-order valence-corrected chi connectivity index (χ3v) is 3.23. The van der Waals surface area contributed by atoms with Crippen molar-refractivity contribution in [1.29, 1.82) is 0 Å². The quantitative estimate of drug-likeness (QED) is 0.889. The number of aromatic nitrogens is 2. The van der Waals surface area contributed by atoms with Crippen molar-refractivity contribution in [2.24, 2.45) is 0 Å². The first-order valence-corrected chi connectivity index (χ1v) is 6.52. The maximum absolute atomic E-state index is 11.4. The molecule has 0 bridgehead atoms. The second-order valence-corrected chi connectivity index (χ2v) is 4.67. The molecule has 0 saturated carbocycles. The van der Waals surface area contributed by atoms with E-state index in [9.17, 15) is 4.79 Å². The summed E-state index contributed by atoms with van der Waals surface area (Å²) in [4.78, 5) is 22.7. The zero-order valence-corrected chi connectivity index (χ0v) is 11.3. The van der Waals surface area contributed by atoms with Crippen LogP contribution in [0.15, 0.2) is 0 Å². The van der Waals surface area contributed by atoms with Gasteiger partial charge in [0.15, 0.2) is 0 Å². The monoisotopic (exact) mass is 248 g/mol. The van der Waals surface area contributed by atoms with E-state index in [-0.39, 0.29) is 5.91 Å². The van der Waals surface area contributed by atoms with Crippen LogP contribution < -0.4 is 10.2 Å². The van der Waals surface area contributed by atoms with Crippen LogP contribution in [0.25, 0.3) is 0 Å². The zero-order chi connectivity index (χ0) is 13.1.